The van der Waals surface area contributed by atoms with E-state index in [1.165, 1.54) is 25.0 Å². The van der Waals surface area contributed by atoms with Gasteiger partial charge in [-0.15, -0.1) is 0 Å². The van der Waals surface area contributed by atoms with Gasteiger partial charge in [0.2, 0.25) is 0 Å². The van der Waals surface area contributed by atoms with Gasteiger partial charge in [0, 0.05) is 13.8 Å². The topological polar surface area (TPSA) is 52.6 Å². The van der Waals surface area contributed by atoms with E-state index in [0.29, 0.717) is 13.2 Å². The van der Waals surface area contributed by atoms with Gasteiger partial charge in [-0.25, -0.2) is 0 Å². The minimum atomic E-state index is -0.252. The third-order valence-corrected chi connectivity index (χ3v) is 3.00. The standard InChI is InChI=1S/C18H28O4/c1-15(9-6-5-7-13-21-17(3)19)10-8-11-16(2)12-14-22-18(4)20/h5,7,10,12H,6,8-9,11,13-14H2,1-4H3. The van der Waals surface area contributed by atoms with E-state index >= 15 is 0 Å². The molecule has 0 heterocycles. The fraction of sp³-hybridized carbons (Fsp3) is 0.556. The first-order valence-corrected chi connectivity index (χ1v) is 7.64. The number of carbonyl (C=O) groups excluding carboxylic acids is 2. The zero-order valence-electron chi connectivity index (χ0n) is 14.2. The number of ether oxygens (including phenoxy) is 2. The van der Waals surface area contributed by atoms with Crippen LogP contribution in [0.4, 0.5) is 0 Å². The quantitative estimate of drug-likeness (QED) is 0.450. The third kappa shape index (κ3) is 14.6. The molecule has 0 aromatic heterocycles. The Morgan fingerprint density at radius 2 is 1.27 bits per heavy atom. The number of hydrogen-bond acceptors (Lipinski definition) is 4. The molecule has 124 valence electrons. The predicted octanol–water partition coefficient (Wildman–Crippen LogP) is 4.12. The smallest absolute Gasteiger partial charge is 0.302 e. The van der Waals surface area contributed by atoms with Crippen LogP contribution in [0.25, 0.3) is 0 Å². The zero-order valence-corrected chi connectivity index (χ0v) is 14.2. The van der Waals surface area contributed by atoms with E-state index in [9.17, 15) is 9.59 Å². The predicted molar refractivity (Wildman–Crippen MR) is 88.4 cm³/mol. The van der Waals surface area contributed by atoms with Crippen molar-refractivity contribution >= 4 is 11.9 Å². The summed E-state index contributed by atoms with van der Waals surface area (Å²) in [6.45, 7) is 7.70. The summed E-state index contributed by atoms with van der Waals surface area (Å²) in [5.41, 5.74) is 2.58. The fourth-order valence-corrected chi connectivity index (χ4v) is 1.71. The number of allylic oxidation sites excluding steroid dienone is 4. The molecular weight excluding hydrogens is 280 g/mol. The monoisotopic (exact) mass is 308 g/mol. The van der Waals surface area contributed by atoms with Crippen LogP contribution in [-0.4, -0.2) is 25.2 Å². The molecule has 0 saturated carbocycles. The van der Waals surface area contributed by atoms with Gasteiger partial charge in [0.15, 0.2) is 0 Å². The van der Waals surface area contributed by atoms with Gasteiger partial charge in [0.1, 0.15) is 13.2 Å². The average molecular weight is 308 g/mol. The highest BCUT2D eigenvalue weighted by atomic mass is 16.5. The lowest BCUT2D eigenvalue weighted by Gasteiger charge is -2.02. The molecule has 0 aliphatic carbocycles. The van der Waals surface area contributed by atoms with Crippen molar-refractivity contribution < 1.29 is 19.1 Å². The highest BCUT2D eigenvalue weighted by Crippen LogP contribution is 2.10. The van der Waals surface area contributed by atoms with Crippen molar-refractivity contribution in [3.63, 3.8) is 0 Å². The van der Waals surface area contributed by atoms with Crippen molar-refractivity contribution in [2.75, 3.05) is 13.2 Å². The first-order valence-electron chi connectivity index (χ1n) is 7.64. The van der Waals surface area contributed by atoms with E-state index in [4.69, 9.17) is 9.47 Å². The number of carbonyl (C=O) groups is 2. The van der Waals surface area contributed by atoms with E-state index in [1.807, 2.05) is 25.2 Å². The molecule has 0 fully saturated rings. The van der Waals surface area contributed by atoms with Crippen molar-refractivity contribution in [1.82, 2.24) is 0 Å². The van der Waals surface area contributed by atoms with Crippen LogP contribution in [0.2, 0.25) is 0 Å². The van der Waals surface area contributed by atoms with Gasteiger partial charge < -0.3 is 9.47 Å². The minimum Gasteiger partial charge on any atom is -0.462 e. The SMILES string of the molecule is CC(=O)OCC=CCCC(C)=CCCC(C)=CCOC(C)=O. The van der Waals surface area contributed by atoms with E-state index < -0.39 is 0 Å². The summed E-state index contributed by atoms with van der Waals surface area (Å²) in [6.07, 6.45) is 12.0. The molecule has 4 nitrogen and oxygen atoms in total. The fourth-order valence-electron chi connectivity index (χ4n) is 1.71. The Morgan fingerprint density at radius 3 is 1.91 bits per heavy atom. The second kappa shape index (κ2) is 12.9. The zero-order chi connectivity index (χ0) is 16.8. The summed E-state index contributed by atoms with van der Waals surface area (Å²) >= 11 is 0. The minimum absolute atomic E-state index is 0.249. The third-order valence-electron chi connectivity index (χ3n) is 3.00. The summed E-state index contributed by atoms with van der Waals surface area (Å²) in [5.74, 6) is -0.501. The normalized spacial score (nSPS) is 12.5. The lowest BCUT2D eigenvalue weighted by molar-refractivity contribution is -0.140. The molecule has 4 heteroatoms. The molecule has 0 N–H and O–H groups in total. The van der Waals surface area contributed by atoms with Crippen LogP contribution in [0.3, 0.4) is 0 Å². The van der Waals surface area contributed by atoms with Crippen LogP contribution in [0.15, 0.2) is 35.5 Å². The summed E-state index contributed by atoms with van der Waals surface area (Å²) in [5, 5.41) is 0. The van der Waals surface area contributed by atoms with Gasteiger partial charge in [-0.05, 0) is 45.6 Å². The summed E-state index contributed by atoms with van der Waals surface area (Å²) in [7, 11) is 0. The molecule has 22 heavy (non-hydrogen) atoms. The molecule has 0 bridgehead atoms. The average Bonchev–Trinajstić information content (AvgIpc) is 2.42. The Hall–Kier alpha value is -1.84. The molecule has 0 atom stereocenters. The van der Waals surface area contributed by atoms with Gasteiger partial charge >= 0.3 is 11.9 Å². The van der Waals surface area contributed by atoms with Crippen LogP contribution in [0.5, 0.6) is 0 Å². The largest absolute Gasteiger partial charge is 0.462 e. The Morgan fingerprint density at radius 1 is 0.727 bits per heavy atom. The molecule has 0 aliphatic rings. The highest BCUT2D eigenvalue weighted by Gasteiger charge is 1.93. The summed E-state index contributed by atoms with van der Waals surface area (Å²) < 4.78 is 9.68. The van der Waals surface area contributed by atoms with Crippen LogP contribution in [0.1, 0.15) is 53.4 Å². The molecule has 0 spiro atoms. The molecular formula is C18H28O4. The van der Waals surface area contributed by atoms with Crippen LogP contribution in [-0.2, 0) is 19.1 Å². The molecule has 0 saturated heterocycles. The second-order valence-corrected chi connectivity index (χ2v) is 5.25. The first-order chi connectivity index (χ1) is 10.4. The van der Waals surface area contributed by atoms with Gasteiger partial charge in [-0.1, -0.05) is 29.4 Å². The second-order valence-electron chi connectivity index (χ2n) is 5.25. The first kappa shape index (κ1) is 20.2. The van der Waals surface area contributed by atoms with Gasteiger partial charge in [0.05, 0.1) is 0 Å². The van der Waals surface area contributed by atoms with Crippen molar-refractivity contribution in [2.24, 2.45) is 0 Å². The van der Waals surface area contributed by atoms with E-state index in [0.717, 1.165) is 25.7 Å². The van der Waals surface area contributed by atoms with Crippen molar-refractivity contribution in [3.8, 4) is 0 Å². The Balaban J connectivity index is 3.79. The number of esters is 2. The van der Waals surface area contributed by atoms with Crippen LogP contribution in [0, 0.1) is 0 Å². The van der Waals surface area contributed by atoms with E-state index in [2.05, 4.69) is 13.0 Å². The number of rotatable bonds is 10. The van der Waals surface area contributed by atoms with E-state index in [1.54, 1.807) is 0 Å². The van der Waals surface area contributed by atoms with Crippen LogP contribution >= 0.6 is 0 Å². The molecule has 0 unspecified atom stereocenters. The Bertz CT molecular complexity index is 430. The lowest BCUT2D eigenvalue weighted by Crippen LogP contribution is -1.98. The van der Waals surface area contributed by atoms with Crippen molar-refractivity contribution in [3.05, 3.63) is 35.5 Å². The number of hydrogen-bond donors (Lipinski definition) is 0. The molecule has 0 aromatic carbocycles. The van der Waals surface area contributed by atoms with Crippen LogP contribution < -0.4 is 0 Å². The highest BCUT2D eigenvalue weighted by molar-refractivity contribution is 5.66. The maximum Gasteiger partial charge on any atom is 0.302 e. The van der Waals surface area contributed by atoms with Crippen molar-refractivity contribution in [2.45, 2.75) is 53.4 Å². The molecule has 0 rings (SSSR count). The Labute approximate surface area is 133 Å². The molecule has 0 amide bonds. The lowest BCUT2D eigenvalue weighted by atomic mass is 10.1. The van der Waals surface area contributed by atoms with Gasteiger partial charge in [-0.2, -0.15) is 0 Å². The van der Waals surface area contributed by atoms with E-state index in [-0.39, 0.29) is 11.9 Å². The molecule has 0 aliphatic heterocycles. The Kier molecular flexibility index (Phi) is 11.8. The molecule has 0 aromatic rings. The summed E-state index contributed by atoms with van der Waals surface area (Å²) in [6, 6.07) is 0. The maximum absolute atomic E-state index is 10.6. The van der Waals surface area contributed by atoms with Crippen molar-refractivity contribution in [1.29, 1.82) is 0 Å². The maximum atomic E-state index is 10.6. The van der Waals surface area contributed by atoms with Gasteiger partial charge in [-0.3, -0.25) is 9.59 Å². The summed E-state index contributed by atoms with van der Waals surface area (Å²) in [4.78, 5) is 21.2. The molecule has 0 radical (unpaired) electrons. The van der Waals surface area contributed by atoms with Gasteiger partial charge in [0.25, 0.3) is 0 Å².